The fourth-order valence-corrected chi connectivity index (χ4v) is 2.29. The van der Waals surface area contributed by atoms with E-state index in [-0.39, 0.29) is 13.0 Å². The van der Waals surface area contributed by atoms with Crippen molar-refractivity contribution in [3.8, 4) is 0 Å². The molecule has 14 heavy (non-hydrogen) atoms. The molecule has 1 atom stereocenters. The third kappa shape index (κ3) is 6.80. The molecule has 0 amide bonds. The summed E-state index contributed by atoms with van der Waals surface area (Å²) in [4.78, 5) is 0. The Bertz CT molecular complexity index is 177. The first kappa shape index (κ1) is 14.4. The third-order valence-corrected chi connectivity index (χ3v) is 3.32. The molecule has 0 bridgehead atoms. The van der Waals surface area contributed by atoms with E-state index in [9.17, 15) is 4.57 Å². The second-order valence-corrected chi connectivity index (χ2v) is 5.11. The molecule has 0 aliphatic heterocycles. The Balaban J connectivity index is 3.89. The maximum Gasteiger partial charge on any atom is 0.356 e. The van der Waals surface area contributed by atoms with E-state index >= 15 is 0 Å². The number of rotatable bonds is 9. The molecule has 0 N–H and O–H groups in total. The Labute approximate surface area is 90.4 Å². The molecule has 0 rings (SSSR count). The molecule has 0 aliphatic carbocycles. The number of alkyl halides is 1. The minimum Gasteiger partial charge on any atom is -0.372 e. The fourth-order valence-electron chi connectivity index (χ4n) is 0.791. The largest absolute Gasteiger partial charge is 0.372 e. The van der Waals surface area contributed by atoms with Crippen LogP contribution in [0.5, 0.6) is 0 Å². The van der Waals surface area contributed by atoms with Gasteiger partial charge >= 0.3 is 7.60 Å². The van der Waals surface area contributed by atoms with Crippen molar-refractivity contribution in [1.29, 1.82) is 0 Å². The zero-order valence-corrected chi connectivity index (χ0v) is 10.4. The molecule has 6 heteroatoms. The quantitative estimate of drug-likeness (QED) is 0.355. The standard InChI is InChI=1S/C8H18ClO4P/c1-3-4-6-12-14(10,8-11-2)13-7-5-9/h3-8H2,1-2H3. The number of hydrogen-bond donors (Lipinski definition) is 0. The topological polar surface area (TPSA) is 44.8 Å². The second kappa shape index (κ2) is 8.69. The zero-order valence-electron chi connectivity index (χ0n) is 8.70. The van der Waals surface area contributed by atoms with Crippen molar-refractivity contribution in [2.75, 3.05) is 32.6 Å². The van der Waals surface area contributed by atoms with Crippen LogP contribution in [0.4, 0.5) is 0 Å². The SMILES string of the molecule is CCCCOP(=O)(COC)OCCCl. The molecule has 0 aromatic heterocycles. The van der Waals surface area contributed by atoms with Crippen LogP contribution in [0.2, 0.25) is 0 Å². The van der Waals surface area contributed by atoms with Crippen molar-refractivity contribution < 1.29 is 18.3 Å². The normalized spacial score (nSPS) is 15.4. The molecule has 0 fully saturated rings. The lowest BCUT2D eigenvalue weighted by Crippen LogP contribution is -2.04. The van der Waals surface area contributed by atoms with Gasteiger partial charge in [0.05, 0.1) is 13.2 Å². The Kier molecular flexibility index (Phi) is 8.94. The third-order valence-electron chi connectivity index (χ3n) is 1.44. The number of hydrogen-bond acceptors (Lipinski definition) is 4. The number of methoxy groups -OCH3 is 1. The molecule has 1 unspecified atom stereocenters. The van der Waals surface area contributed by atoms with Crippen LogP contribution in [0.15, 0.2) is 0 Å². The van der Waals surface area contributed by atoms with Gasteiger partial charge in [-0.05, 0) is 6.42 Å². The predicted octanol–water partition coefficient (Wildman–Crippen LogP) is 2.86. The summed E-state index contributed by atoms with van der Waals surface area (Å²) in [6.07, 6.45) is 1.83. The first-order chi connectivity index (χ1) is 6.68. The zero-order chi connectivity index (χ0) is 10.9. The molecular formula is C8H18ClO4P. The summed E-state index contributed by atoms with van der Waals surface area (Å²) < 4.78 is 26.8. The second-order valence-electron chi connectivity index (χ2n) is 2.74. The van der Waals surface area contributed by atoms with Crippen LogP contribution in [0.25, 0.3) is 0 Å². The average Bonchev–Trinajstić information content (AvgIpc) is 2.16. The maximum absolute atomic E-state index is 11.8. The Morgan fingerprint density at radius 1 is 1.29 bits per heavy atom. The van der Waals surface area contributed by atoms with Crippen molar-refractivity contribution >= 4 is 19.2 Å². The van der Waals surface area contributed by atoms with Crippen molar-refractivity contribution in [3.63, 3.8) is 0 Å². The van der Waals surface area contributed by atoms with Crippen molar-refractivity contribution in [1.82, 2.24) is 0 Å². The molecule has 0 radical (unpaired) electrons. The van der Waals surface area contributed by atoms with Crippen LogP contribution in [0.3, 0.4) is 0 Å². The van der Waals surface area contributed by atoms with E-state index in [1.54, 1.807) is 0 Å². The molecule has 0 saturated heterocycles. The van der Waals surface area contributed by atoms with Crippen LogP contribution in [-0.4, -0.2) is 32.6 Å². The Morgan fingerprint density at radius 2 is 1.93 bits per heavy atom. The van der Waals surface area contributed by atoms with Gasteiger partial charge < -0.3 is 13.8 Å². The van der Waals surface area contributed by atoms with E-state index in [1.807, 2.05) is 6.92 Å². The molecule has 0 heterocycles. The van der Waals surface area contributed by atoms with Crippen LogP contribution < -0.4 is 0 Å². The monoisotopic (exact) mass is 244 g/mol. The molecule has 0 spiro atoms. The maximum atomic E-state index is 11.8. The lowest BCUT2D eigenvalue weighted by molar-refractivity contribution is 0.162. The summed E-state index contributed by atoms with van der Waals surface area (Å²) in [6.45, 7) is 2.68. The summed E-state index contributed by atoms with van der Waals surface area (Å²) in [5.74, 6) is 0.296. The van der Waals surface area contributed by atoms with E-state index in [4.69, 9.17) is 25.4 Å². The van der Waals surface area contributed by atoms with Gasteiger partial charge in [0.25, 0.3) is 0 Å². The van der Waals surface area contributed by atoms with Gasteiger partial charge in [0, 0.05) is 13.0 Å². The predicted molar refractivity (Wildman–Crippen MR) is 57.0 cm³/mol. The van der Waals surface area contributed by atoms with Crippen LogP contribution >= 0.6 is 19.2 Å². The number of ether oxygens (including phenoxy) is 1. The minimum atomic E-state index is -3.07. The highest BCUT2D eigenvalue weighted by Crippen LogP contribution is 2.47. The van der Waals surface area contributed by atoms with Gasteiger partial charge in [0.2, 0.25) is 0 Å². The molecule has 0 aromatic rings. The van der Waals surface area contributed by atoms with Gasteiger partial charge in [-0.1, -0.05) is 13.3 Å². The van der Waals surface area contributed by atoms with E-state index in [1.165, 1.54) is 7.11 Å². The molecule has 0 aromatic carbocycles. The van der Waals surface area contributed by atoms with Gasteiger partial charge in [-0.2, -0.15) is 0 Å². The van der Waals surface area contributed by atoms with E-state index in [0.29, 0.717) is 12.5 Å². The first-order valence-electron chi connectivity index (χ1n) is 4.61. The average molecular weight is 245 g/mol. The minimum absolute atomic E-state index is 0.0202. The van der Waals surface area contributed by atoms with E-state index in [0.717, 1.165) is 12.8 Å². The van der Waals surface area contributed by atoms with Gasteiger partial charge in [-0.15, -0.1) is 11.6 Å². The highest BCUT2D eigenvalue weighted by atomic mass is 35.5. The molecular weight excluding hydrogens is 227 g/mol. The van der Waals surface area contributed by atoms with Crippen molar-refractivity contribution in [3.05, 3.63) is 0 Å². The van der Waals surface area contributed by atoms with Crippen LogP contribution in [-0.2, 0) is 18.3 Å². The van der Waals surface area contributed by atoms with Crippen LogP contribution in [0.1, 0.15) is 19.8 Å². The summed E-state index contributed by atoms with van der Waals surface area (Å²) in [6, 6.07) is 0. The van der Waals surface area contributed by atoms with Gasteiger partial charge in [-0.3, -0.25) is 4.57 Å². The Hall–Kier alpha value is 0.400. The summed E-state index contributed by atoms with van der Waals surface area (Å²) >= 11 is 5.43. The summed E-state index contributed by atoms with van der Waals surface area (Å²) in [5.41, 5.74) is 0. The lowest BCUT2D eigenvalue weighted by atomic mass is 10.4. The van der Waals surface area contributed by atoms with Gasteiger partial charge in [0.15, 0.2) is 0 Å². The lowest BCUT2D eigenvalue weighted by Gasteiger charge is -2.16. The molecule has 0 saturated carbocycles. The van der Waals surface area contributed by atoms with E-state index in [2.05, 4.69) is 0 Å². The van der Waals surface area contributed by atoms with E-state index < -0.39 is 7.60 Å². The smallest absolute Gasteiger partial charge is 0.356 e. The van der Waals surface area contributed by atoms with Gasteiger partial charge in [0.1, 0.15) is 6.35 Å². The van der Waals surface area contributed by atoms with Crippen molar-refractivity contribution in [2.45, 2.75) is 19.8 Å². The van der Waals surface area contributed by atoms with Gasteiger partial charge in [-0.25, -0.2) is 0 Å². The molecule has 86 valence electrons. The fraction of sp³-hybridized carbons (Fsp3) is 1.00. The highest BCUT2D eigenvalue weighted by Gasteiger charge is 2.23. The Morgan fingerprint density at radius 3 is 2.43 bits per heavy atom. The number of halogens is 1. The van der Waals surface area contributed by atoms with Crippen molar-refractivity contribution in [2.24, 2.45) is 0 Å². The molecule has 0 aliphatic rings. The first-order valence-corrected chi connectivity index (χ1v) is 6.88. The van der Waals surface area contributed by atoms with Crippen LogP contribution in [0, 0.1) is 0 Å². The summed E-state index contributed by atoms with van der Waals surface area (Å²) in [5, 5.41) is 0. The summed E-state index contributed by atoms with van der Waals surface area (Å²) in [7, 11) is -1.61. The number of unbranched alkanes of at least 4 members (excludes halogenated alkanes) is 1. The highest BCUT2D eigenvalue weighted by molar-refractivity contribution is 7.53. The molecule has 4 nitrogen and oxygen atoms in total.